The largest absolute Gasteiger partial charge is 0.508 e. The van der Waals surface area contributed by atoms with Crippen molar-refractivity contribution in [3.8, 4) is 11.5 Å². The molecule has 1 heterocycles. The van der Waals surface area contributed by atoms with Gasteiger partial charge in [0.1, 0.15) is 17.3 Å². The standard InChI is InChI=1S/C24H30N2O3/c1-23(2,3)18-10-14(11-19(21(18)29)24(4,5)6)20(28)13-26-12-15-9-16(27)7-8-17(15)22(26)25/h7-11,25,27,29H,12-13H2,1-6H3. The van der Waals surface area contributed by atoms with Gasteiger partial charge in [0.05, 0.1) is 6.54 Å². The van der Waals surface area contributed by atoms with E-state index in [1.807, 2.05) is 41.5 Å². The van der Waals surface area contributed by atoms with E-state index in [0.29, 0.717) is 17.9 Å². The van der Waals surface area contributed by atoms with Gasteiger partial charge in [-0.3, -0.25) is 10.2 Å². The van der Waals surface area contributed by atoms with Crippen molar-refractivity contribution in [2.45, 2.75) is 58.9 Å². The minimum absolute atomic E-state index is 0.0756. The van der Waals surface area contributed by atoms with Crippen LogP contribution < -0.4 is 0 Å². The van der Waals surface area contributed by atoms with E-state index in [2.05, 4.69) is 0 Å². The van der Waals surface area contributed by atoms with Crippen molar-refractivity contribution in [1.29, 1.82) is 5.41 Å². The van der Waals surface area contributed by atoms with Crippen LogP contribution in [0.1, 0.15) is 74.2 Å². The van der Waals surface area contributed by atoms with Gasteiger partial charge in [-0.15, -0.1) is 0 Å². The molecule has 2 aromatic rings. The number of fused-ring (bicyclic) bond motifs is 1. The summed E-state index contributed by atoms with van der Waals surface area (Å²) in [5, 5.41) is 28.9. The predicted octanol–water partition coefficient (Wildman–Crippen LogP) is 4.72. The summed E-state index contributed by atoms with van der Waals surface area (Å²) in [6.07, 6.45) is 0. The van der Waals surface area contributed by atoms with Gasteiger partial charge in [0, 0.05) is 28.8 Å². The van der Waals surface area contributed by atoms with E-state index in [0.717, 1.165) is 22.3 Å². The van der Waals surface area contributed by atoms with E-state index in [9.17, 15) is 15.0 Å². The number of amidine groups is 1. The fraction of sp³-hybridized carbons (Fsp3) is 0.417. The van der Waals surface area contributed by atoms with Crippen molar-refractivity contribution in [2.75, 3.05) is 6.54 Å². The van der Waals surface area contributed by atoms with E-state index < -0.39 is 0 Å². The van der Waals surface area contributed by atoms with Gasteiger partial charge in [0.2, 0.25) is 0 Å². The summed E-state index contributed by atoms with van der Waals surface area (Å²) in [6, 6.07) is 8.48. The number of aromatic hydroxyl groups is 2. The lowest BCUT2D eigenvalue weighted by atomic mass is 9.78. The first-order chi connectivity index (χ1) is 13.3. The van der Waals surface area contributed by atoms with Crippen LogP contribution in [-0.2, 0) is 17.4 Å². The predicted molar refractivity (Wildman–Crippen MR) is 115 cm³/mol. The number of ketones is 1. The molecule has 0 aliphatic carbocycles. The summed E-state index contributed by atoms with van der Waals surface area (Å²) in [7, 11) is 0. The second-order valence-corrected chi connectivity index (χ2v) is 9.89. The van der Waals surface area contributed by atoms with Crippen LogP contribution in [0.3, 0.4) is 0 Å². The maximum Gasteiger partial charge on any atom is 0.182 e. The SMILES string of the molecule is CC(C)(C)c1cc(C(=O)CN2Cc3cc(O)ccc3C2=N)cc(C(C)(C)C)c1O. The van der Waals surface area contributed by atoms with Gasteiger partial charge >= 0.3 is 0 Å². The third-order valence-electron chi connectivity index (χ3n) is 5.40. The smallest absolute Gasteiger partial charge is 0.182 e. The number of nitrogens with zero attached hydrogens (tertiary/aromatic N) is 1. The molecule has 0 aromatic heterocycles. The van der Waals surface area contributed by atoms with E-state index in [-0.39, 0.29) is 34.7 Å². The lowest BCUT2D eigenvalue weighted by molar-refractivity contribution is 0.0962. The fourth-order valence-electron chi connectivity index (χ4n) is 3.74. The molecule has 1 aliphatic rings. The maximum absolute atomic E-state index is 13.2. The van der Waals surface area contributed by atoms with Gasteiger partial charge in [0.25, 0.3) is 0 Å². The lowest BCUT2D eigenvalue weighted by Crippen LogP contribution is -2.30. The topological polar surface area (TPSA) is 84.6 Å². The Labute approximate surface area is 172 Å². The zero-order chi connectivity index (χ0) is 21.7. The summed E-state index contributed by atoms with van der Waals surface area (Å²) in [6.45, 7) is 12.6. The third-order valence-corrected chi connectivity index (χ3v) is 5.40. The number of nitrogens with one attached hydrogen (secondary N) is 1. The van der Waals surface area contributed by atoms with Gasteiger partial charge in [-0.1, -0.05) is 41.5 Å². The van der Waals surface area contributed by atoms with E-state index in [1.54, 1.807) is 35.2 Å². The normalized spacial score (nSPS) is 14.3. The Balaban J connectivity index is 1.95. The monoisotopic (exact) mass is 394 g/mol. The van der Waals surface area contributed by atoms with Gasteiger partial charge in [-0.2, -0.15) is 0 Å². The molecule has 0 bridgehead atoms. The highest BCUT2D eigenvalue weighted by molar-refractivity contribution is 6.05. The first-order valence-corrected chi connectivity index (χ1v) is 9.86. The number of carbonyl (C=O) groups excluding carboxylic acids is 1. The molecule has 154 valence electrons. The summed E-state index contributed by atoms with van der Waals surface area (Å²) in [5.74, 6) is 0.605. The molecule has 0 atom stereocenters. The molecule has 0 saturated heterocycles. The zero-order valence-corrected chi connectivity index (χ0v) is 18.1. The quantitative estimate of drug-likeness (QED) is 0.658. The Hall–Kier alpha value is -2.82. The van der Waals surface area contributed by atoms with Gasteiger partial charge in [-0.05, 0) is 46.7 Å². The number of phenolic OH excluding ortho intramolecular Hbond substituents is 2. The lowest BCUT2D eigenvalue weighted by Gasteiger charge is -2.28. The van der Waals surface area contributed by atoms with Crippen molar-refractivity contribution in [1.82, 2.24) is 4.90 Å². The maximum atomic E-state index is 13.2. The first-order valence-electron chi connectivity index (χ1n) is 9.86. The van der Waals surface area contributed by atoms with E-state index in [1.165, 1.54) is 0 Å². The van der Waals surface area contributed by atoms with Gasteiger partial charge in [-0.25, -0.2) is 0 Å². The summed E-state index contributed by atoms with van der Waals surface area (Å²) in [5.41, 5.74) is 3.01. The first kappa shape index (κ1) is 20.9. The van der Waals surface area contributed by atoms with Crippen LogP contribution in [0, 0.1) is 5.41 Å². The van der Waals surface area contributed by atoms with Crippen LogP contribution in [0.2, 0.25) is 0 Å². The summed E-state index contributed by atoms with van der Waals surface area (Å²) in [4.78, 5) is 14.9. The molecule has 0 saturated carbocycles. The van der Waals surface area contributed by atoms with Crippen molar-refractivity contribution in [3.05, 3.63) is 58.1 Å². The van der Waals surface area contributed by atoms with Crippen LogP contribution in [-0.4, -0.2) is 33.3 Å². The Morgan fingerprint density at radius 1 is 1.00 bits per heavy atom. The number of Topliss-reactive ketones (excluding diaryl/α,β-unsaturated/α-hetero) is 1. The number of hydrogen-bond acceptors (Lipinski definition) is 4. The highest BCUT2D eigenvalue weighted by atomic mass is 16.3. The van der Waals surface area contributed by atoms with Crippen LogP contribution in [0.15, 0.2) is 30.3 Å². The molecule has 1 aliphatic heterocycles. The molecule has 0 unspecified atom stereocenters. The van der Waals surface area contributed by atoms with Crippen LogP contribution >= 0.6 is 0 Å². The Morgan fingerprint density at radius 3 is 2.07 bits per heavy atom. The van der Waals surface area contributed by atoms with Crippen LogP contribution in [0.5, 0.6) is 11.5 Å². The minimum Gasteiger partial charge on any atom is -0.508 e. The van der Waals surface area contributed by atoms with Gasteiger partial charge in [0.15, 0.2) is 5.78 Å². The second-order valence-electron chi connectivity index (χ2n) is 9.89. The average Bonchev–Trinajstić information content (AvgIpc) is 2.87. The molecule has 0 spiro atoms. The van der Waals surface area contributed by atoms with Crippen LogP contribution in [0.4, 0.5) is 0 Å². The number of benzene rings is 2. The van der Waals surface area contributed by atoms with Crippen LogP contribution in [0.25, 0.3) is 0 Å². The number of rotatable bonds is 3. The van der Waals surface area contributed by atoms with Crippen molar-refractivity contribution in [2.24, 2.45) is 0 Å². The van der Waals surface area contributed by atoms with Crippen molar-refractivity contribution in [3.63, 3.8) is 0 Å². The molecule has 3 rings (SSSR count). The third kappa shape index (κ3) is 4.00. The van der Waals surface area contributed by atoms with Gasteiger partial charge < -0.3 is 15.1 Å². The molecule has 2 aromatic carbocycles. The van der Waals surface area contributed by atoms with E-state index in [4.69, 9.17) is 5.41 Å². The molecule has 5 nitrogen and oxygen atoms in total. The highest BCUT2D eigenvalue weighted by Crippen LogP contribution is 2.40. The molecule has 0 fully saturated rings. The Bertz CT molecular complexity index is 959. The molecule has 29 heavy (non-hydrogen) atoms. The number of hydrogen-bond donors (Lipinski definition) is 3. The minimum atomic E-state index is -0.311. The van der Waals surface area contributed by atoms with Crippen molar-refractivity contribution >= 4 is 11.6 Å². The molecule has 0 amide bonds. The number of carbonyl (C=O) groups is 1. The molecular formula is C24H30N2O3. The highest BCUT2D eigenvalue weighted by Gasteiger charge is 2.30. The van der Waals surface area contributed by atoms with E-state index >= 15 is 0 Å². The molecule has 5 heteroatoms. The average molecular weight is 395 g/mol. The Kier molecular flexibility index (Phi) is 4.98. The molecular weight excluding hydrogens is 364 g/mol. The van der Waals surface area contributed by atoms with Crippen molar-refractivity contribution < 1.29 is 15.0 Å². The summed E-state index contributed by atoms with van der Waals surface area (Å²) >= 11 is 0. The summed E-state index contributed by atoms with van der Waals surface area (Å²) < 4.78 is 0. The number of phenols is 2. The fourth-order valence-corrected chi connectivity index (χ4v) is 3.74. The molecule has 3 N–H and O–H groups in total. The Morgan fingerprint density at radius 2 is 1.55 bits per heavy atom. The zero-order valence-electron chi connectivity index (χ0n) is 18.1. The second kappa shape index (κ2) is 6.90. The molecule has 0 radical (unpaired) electrons.